The maximum absolute atomic E-state index is 12.1. The first-order valence-electron chi connectivity index (χ1n) is 12.7. The van der Waals surface area contributed by atoms with Gasteiger partial charge in [-0.15, -0.1) is 0 Å². The number of carbonyl (C=O) groups excluding carboxylic acids is 2. The molecule has 0 heterocycles. The van der Waals surface area contributed by atoms with Crippen LogP contribution >= 0.6 is 31.9 Å². The molecule has 0 atom stereocenters. The van der Waals surface area contributed by atoms with Crippen LogP contribution in [0.2, 0.25) is 0 Å². The van der Waals surface area contributed by atoms with Crippen molar-refractivity contribution in [3.05, 3.63) is 91.9 Å². The summed E-state index contributed by atoms with van der Waals surface area (Å²) in [5.41, 5.74) is 8.80. The highest BCUT2D eigenvalue weighted by Crippen LogP contribution is 2.29. The van der Waals surface area contributed by atoms with Crippen LogP contribution < -0.4 is 20.3 Å². The van der Waals surface area contributed by atoms with Crippen LogP contribution in [-0.4, -0.2) is 37.5 Å². The average Bonchev–Trinajstić information content (AvgIpc) is 2.92. The lowest BCUT2D eigenvalue weighted by Gasteiger charge is -2.10. The summed E-state index contributed by atoms with van der Waals surface area (Å²) in [5.74, 6) is 1.23. The number of rotatable bonds is 12. The highest BCUT2D eigenvalue weighted by molar-refractivity contribution is 9.10. The van der Waals surface area contributed by atoms with E-state index >= 15 is 0 Å². The summed E-state index contributed by atoms with van der Waals surface area (Å²) in [6, 6.07) is 18.8. The van der Waals surface area contributed by atoms with Crippen LogP contribution in [0.25, 0.3) is 0 Å². The summed E-state index contributed by atoms with van der Waals surface area (Å²) < 4.78 is 12.7. The second-order valence-corrected chi connectivity index (χ2v) is 11.2. The van der Waals surface area contributed by atoms with Gasteiger partial charge in [0.25, 0.3) is 11.8 Å². The molecule has 3 aromatic rings. The van der Waals surface area contributed by atoms with Crippen molar-refractivity contribution in [2.45, 2.75) is 39.5 Å². The zero-order valence-electron chi connectivity index (χ0n) is 22.8. The van der Waals surface area contributed by atoms with Gasteiger partial charge < -0.3 is 9.47 Å². The number of carbonyl (C=O) groups is 2. The molecule has 0 fully saturated rings. The Balaban J connectivity index is 1.39. The number of nitrogens with zero attached hydrogens (tertiary/aromatic N) is 2. The number of hydrogen-bond acceptors (Lipinski definition) is 6. The van der Waals surface area contributed by atoms with Crippen molar-refractivity contribution in [1.82, 2.24) is 10.9 Å². The van der Waals surface area contributed by atoms with Crippen LogP contribution in [0.1, 0.15) is 61.8 Å². The first kappa shape index (κ1) is 31.0. The highest BCUT2D eigenvalue weighted by atomic mass is 79.9. The Morgan fingerprint density at radius 1 is 0.700 bits per heavy atom. The molecule has 3 rings (SSSR count). The third kappa shape index (κ3) is 9.91. The number of halogens is 2. The van der Waals surface area contributed by atoms with Crippen molar-refractivity contribution in [1.29, 1.82) is 0 Å². The highest BCUT2D eigenvalue weighted by Gasteiger charge is 2.09. The van der Waals surface area contributed by atoms with E-state index in [9.17, 15) is 9.59 Å². The predicted molar refractivity (Wildman–Crippen MR) is 165 cm³/mol. The fraction of sp³-hybridized carbons (Fsp3) is 0.267. The minimum absolute atomic E-state index is 0.162. The third-order valence-corrected chi connectivity index (χ3v) is 6.94. The van der Waals surface area contributed by atoms with Gasteiger partial charge in [0.15, 0.2) is 13.2 Å². The average molecular weight is 672 g/mol. The Bertz CT molecular complexity index is 1270. The lowest BCUT2D eigenvalue weighted by molar-refractivity contribution is -0.123. The summed E-state index contributed by atoms with van der Waals surface area (Å²) in [7, 11) is 0. The number of nitrogens with one attached hydrogen (secondary N) is 2. The number of hydrogen-bond donors (Lipinski definition) is 2. The van der Waals surface area contributed by atoms with Gasteiger partial charge in [-0.05, 0) is 90.2 Å². The van der Waals surface area contributed by atoms with Crippen molar-refractivity contribution in [2.75, 3.05) is 13.2 Å². The molecule has 0 aliphatic rings. The van der Waals surface area contributed by atoms with Crippen molar-refractivity contribution in [3.8, 4) is 11.5 Å². The van der Waals surface area contributed by atoms with Gasteiger partial charge in [0.05, 0.1) is 21.4 Å². The first-order chi connectivity index (χ1) is 19.1. The number of benzene rings is 3. The minimum Gasteiger partial charge on any atom is -0.483 e. The standard InChI is InChI=1S/C30H32Br2N4O4/c1-19(2)23-9-11-27(25(31)13-23)39-17-29(37)35-33-15-21-5-7-22(8-6-21)16-34-36-30(38)18-40-28-12-10-24(20(3)4)14-26(28)32/h5-16,19-20H,17-18H2,1-4H3,(H,35,37)(H,36,38). The number of hydrazone groups is 2. The van der Waals surface area contributed by atoms with Crippen LogP contribution in [0, 0.1) is 0 Å². The summed E-state index contributed by atoms with van der Waals surface area (Å²) in [6.45, 7) is 8.12. The van der Waals surface area contributed by atoms with E-state index in [0.29, 0.717) is 23.3 Å². The molecule has 0 saturated heterocycles. The van der Waals surface area contributed by atoms with Gasteiger partial charge in [0, 0.05) is 0 Å². The second kappa shape index (κ2) is 15.3. The van der Waals surface area contributed by atoms with Gasteiger partial charge in [-0.3, -0.25) is 9.59 Å². The molecule has 0 radical (unpaired) electrons. The van der Waals surface area contributed by atoms with Gasteiger partial charge in [-0.2, -0.15) is 10.2 Å². The SMILES string of the molecule is CC(C)c1ccc(OCC(=O)NN=Cc2ccc(C=NNC(=O)COc3ccc(C(C)C)cc3Br)cc2)c(Br)c1. The predicted octanol–water partition coefficient (Wildman–Crippen LogP) is 6.52. The molecule has 0 aromatic heterocycles. The van der Waals surface area contributed by atoms with E-state index in [4.69, 9.17) is 9.47 Å². The van der Waals surface area contributed by atoms with E-state index < -0.39 is 0 Å². The quantitative estimate of drug-likeness (QED) is 0.169. The molecule has 0 unspecified atom stereocenters. The summed E-state index contributed by atoms with van der Waals surface area (Å²) in [6.07, 6.45) is 3.05. The van der Waals surface area contributed by atoms with E-state index in [1.807, 2.05) is 60.7 Å². The zero-order valence-corrected chi connectivity index (χ0v) is 26.0. The minimum atomic E-state index is -0.375. The smallest absolute Gasteiger partial charge is 0.277 e. The monoisotopic (exact) mass is 670 g/mol. The largest absolute Gasteiger partial charge is 0.483 e. The molecule has 3 aromatic carbocycles. The fourth-order valence-corrected chi connectivity index (χ4v) is 4.39. The molecule has 2 N–H and O–H groups in total. The lowest BCUT2D eigenvalue weighted by atomic mass is 10.0. The Hall–Kier alpha value is -3.50. The summed E-state index contributed by atoms with van der Waals surface area (Å²) in [5, 5.41) is 7.94. The van der Waals surface area contributed by atoms with E-state index in [-0.39, 0.29) is 25.0 Å². The molecule has 2 amide bonds. The van der Waals surface area contributed by atoms with Crippen LogP contribution in [0.5, 0.6) is 11.5 Å². The summed E-state index contributed by atoms with van der Waals surface area (Å²) in [4.78, 5) is 24.1. The maximum atomic E-state index is 12.1. The molecule has 40 heavy (non-hydrogen) atoms. The Morgan fingerprint density at radius 3 is 1.40 bits per heavy atom. The topological polar surface area (TPSA) is 101 Å². The van der Waals surface area contributed by atoms with Gasteiger partial charge in [-0.25, -0.2) is 10.9 Å². The molecule has 210 valence electrons. The van der Waals surface area contributed by atoms with Crippen molar-refractivity contribution < 1.29 is 19.1 Å². The number of amides is 2. The molecular formula is C30H32Br2N4O4. The van der Waals surface area contributed by atoms with Crippen molar-refractivity contribution in [3.63, 3.8) is 0 Å². The molecule has 10 heteroatoms. The maximum Gasteiger partial charge on any atom is 0.277 e. The lowest BCUT2D eigenvalue weighted by Crippen LogP contribution is -2.24. The van der Waals surface area contributed by atoms with E-state index in [1.54, 1.807) is 0 Å². The molecule has 0 spiro atoms. The van der Waals surface area contributed by atoms with E-state index in [0.717, 1.165) is 20.1 Å². The molecule has 8 nitrogen and oxygen atoms in total. The van der Waals surface area contributed by atoms with Crippen molar-refractivity contribution >= 4 is 56.1 Å². The van der Waals surface area contributed by atoms with Gasteiger partial charge in [0.1, 0.15) is 11.5 Å². The van der Waals surface area contributed by atoms with Crippen LogP contribution in [0.4, 0.5) is 0 Å². The second-order valence-electron chi connectivity index (χ2n) is 9.52. The first-order valence-corrected chi connectivity index (χ1v) is 14.3. The zero-order chi connectivity index (χ0) is 29.1. The van der Waals surface area contributed by atoms with Crippen LogP contribution in [-0.2, 0) is 9.59 Å². The Kier molecular flexibility index (Phi) is 11.9. The Morgan fingerprint density at radius 2 is 1.07 bits per heavy atom. The van der Waals surface area contributed by atoms with Gasteiger partial charge in [0.2, 0.25) is 0 Å². The van der Waals surface area contributed by atoms with Crippen molar-refractivity contribution in [2.24, 2.45) is 10.2 Å². The normalized spacial score (nSPS) is 11.4. The van der Waals surface area contributed by atoms with E-state index in [2.05, 4.69) is 80.6 Å². The van der Waals surface area contributed by atoms with Gasteiger partial charge in [-0.1, -0.05) is 64.1 Å². The molecule has 0 aliphatic heterocycles. The van der Waals surface area contributed by atoms with E-state index in [1.165, 1.54) is 23.6 Å². The third-order valence-electron chi connectivity index (χ3n) is 5.70. The Labute approximate surface area is 251 Å². The molecule has 0 bridgehead atoms. The molecular weight excluding hydrogens is 640 g/mol. The fourth-order valence-electron chi connectivity index (χ4n) is 3.36. The summed E-state index contributed by atoms with van der Waals surface area (Å²) >= 11 is 6.95. The van der Waals surface area contributed by atoms with Crippen LogP contribution in [0.15, 0.2) is 79.8 Å². The molecule has 0 saturated carbocycles. The van der Waals surface area contributed by atoms with Crippen LogP contribution in [0.3, 0.4) is 0 Å². The number of ether oxygens (including phenoxy) is 2. The van der Waals surface area contributed by atoms with Gasteiger partial charge >= 0.3 is 0 Å². The molecule has 0 aliphatic carbocycles.